The summed E-state index contributed by atoms with van der Waals surface area (Å²) >= 11 is 12.4. The van der Waals surface area contributed by atoms with Crippen LogP contribution in [0.5, 0.6) is 0 Å². The average molecular weight is 659 g/mol. The molecule has 43 heavy (non-hydrogen) atoms. The monoisotopic (exact) mass is 657 g/mol. The van der Waals surface area contributed by atoms with Crippen LogP contribution in [0.2, 0.25) is 10.0 Å². The summed E-state index contributed by atoms with van der Waals surface area (Å²) in [5.74, 6) is -1.31. The third kappa shape index (κ3) is 9.61. The Morgan fingerprint density at radius 2 is 1.60 bits per heavy atom. The number of alkyl halides is 3. The second kappa shape index (κ2) is 14.5. The van der Waals surface area contributed by atoms with Gasteiger partial charge in [-0.05, 0) is 54.8 Å². The van der Waals surface area contributed by atoms with Crippen molar-refractivity contribution in [2.45, 2.75) is 51.5 Å². The van der Waals surface area contributed by atoms with E-state index in [1.54, 1.807) is 54.6 Å². The lowest BCUT2D eigenvalue weighted by atomic mass is 10.0. The van der Waals surface area contributed by atoms with Gasteiger partial charge in [0.25, 0.3) is 0 Å². The molecular weight excluding hydrogens is 626 g/mol. The molecule has 0 radical (unpaired) electrons. The highest BCUT2D eigenvalue weighted by molar-refractivity contribution is 7.92. The Kier molecular flexibility index (Phi) is 11.5. The van der Waals surface area contributed by atoms with Gasteiger partial charge in [0.1, 0.15) is 12.6 Å². The summed E-state index contributed by atoms with van der Waals surface area (Å²) in [6.45, 7) is 2.64. The van der Waals surface area contributed by atoms with Crippen LogP contribution in [0.15, 0.2) is 72.8 Å². The molecule has 0 aliphatic carbocycles. The molecule has 0 aliphatic rings. The van der Waals surface area contributed by atoms with Gasteiger partial charge in [0.15, 0.2) is 0 Å². The standard InChI is InChI=1S/C30H32Cl2F3N3O4S/c1-4-20(2)36-29(40)27(16-21-9-6-5-7-10-21)37(18-22-11-8-12-24(31)15-22)28(39)19-38(43(3,41)42)26-17-23(30(33,34)35)13-14-25(26)32/h5-15,17,20,27H,4,16,18-19H2,1-3H3,(H,36,40)/t20-,27+/m0/s1. The first-order chi connectivity index (χ1) is 20.1. The Balaban J connectivity index is 2.12. The van der Waals surface area contributed by atoms with Crippen molar-refractivity contribution >= 4 is 50.7 Å². The molecule has 0 saturated carbocycles. The Morgan fingerprint density at radius 1 is 0.953 bits per heavy atom. The molecule has 13 heteroatoms. The number of amides is 2. The van der Waals surface area contributed by atoms with Crippen LogP contribution in [0.25, 0.3) is 0 Å². The lowest BCUT2D eigenvalue weighted by Crippen LogP contribution is -2.54. The van der Waals surface area contributed by atoms with Gasteiger partial charge < -0.3 is 10.2 Å². The summed E-state index contributed by atoms with van der Waals surface area (Å²) < 4.78 is 66.9. The molecule has 3 aromatic rings. The first-order valence-electron chi connectivity index (χ1n) is 13.3. The Labute approximate surface area is 259 Å². The Hall–Kier alpha value is -3.28. The molecule has 0 unspecified atom stereocenters. The van der Waals surface area contributed by atoms with Crippen molar-refractivity contribution in [2.24, 2.45) is 0 Å². The van der Waals surface area contributed by atoms with Crippen LogP contribution in [-0.4, -0.2) is 50.0 Å². The fourth-order valence-corrected chi connectivity index (χ4v) is 5.64. The van der Waals surface area contributed by atoms with Crippen molar-refractivity contribution in [1.29, 1.82) is 0 Å². The highest BCUT2D eigenvalue weighted by Gasteiger charge is 2.36. The van der Waals surface area contributed by atoms with Gasteiger partial charge in [0.2, 0.25) is 21.8 Å². The second-order valence-corrected chi connectivity index (χ2v) is 12.9. The fourth-order valence-electron chi connectivity index (χ4n) is 4.30. The molecule has 0 aromatic heterocycles. The summed E-state index contributed by atoms with van der Waals surface area (Å²) in [6.07, 6.45) is -3.34. The van der Waals surface area contributed by atoms with Gasteiger partial charge in [0, 0.05) is 24.0 Å². The average Bonchev–Trinajstić information content (AvgIpc) is 2.93. The van der Waals surface area contributed by atoms with E-state index in [0.717, 1.165) is 17.9 Å². The third-order valence-corrected chi connectivity index (χ3v) is 8.42. The number of hydrogen-bond acceptors (Lipinski definition) is 4. The van der Waals surface area contributed by atoms with Crippen LogP contribution in [-0.2, 0) is 38.8 Å². The van der Waals surface area contributed by atoms with E-state index in [9.17, 15) is 31.2 Å². The molecule has 0 fully saturated rings. The van der Waals surface area contributed by atoms with Crippen molar-refractivity contribution in [3.63, 3.8) is 0 Å². The first-order valence-corrected chi connectivity index (χ1v) is 15.9. The number of anilines is 1. The quantitative estimate of drug-likeness (QED) is 0.247. The zero-order valence-electron chi connectivity index (χ0n) is 23.7. The molecule has 0 spiro atoms. The first kappa shape index (κ1) is 34.2. The van der Waals surface area contributed by atoms with E-state index in [-0.39, 0.29) is 24.0 Å². The molecule has 0 aliphatic heterocycles. The number of hydrogen-bond donors (Lipinski definition) is 1. The molecule has 3 aromatic carbocycles. The minimum Gasteiger partial charge on any atom is -0.352 e. The fraction of sp³-hybridized carbons (Fsp3) is 0.333. The number of nitrogens with zero attached hydrogens (tertiary/aromatic N) is 2. The van der Waals surface area contributed by atoms with Gasteiger partial charge in [0.05, 0.1) is 22.5 Å². The molecule has 0 saturated heterocycles. The van der Waals surface area contributed by atoms with E-state index in [0.29, 0.717) is 33.4 Å². The maximum absolute atomic E-state index is 14.1. The van der Waals surface area contributed by atoms with Crippen LogP contribution >= 0.6 is 23.2 Å². The van der Waals surface area contributed by atoms with Crippen LogP contribution < -0.4 is 9.62 Å². The molecule has 1 N–H and O–H groups in total. The van der Waals surface area contributed by atoms with Gasteiger partial charge >= 0.3 is 6.18 Å². The molecule has 3 rings (SSSR count). The number of carbonyl (C=O) groups excluding carboxylic acids is 2. The molecule has 0 heterocycles. The number of nitrogens with one attached hydrogen (secondary N) is 1. The lowest BCUT2D eigenvalue weighted by molar-refractivity contribution is -0.140. The lowest BCUT2D eigenvalue weighted by Gasteiger charge is -2.34. The van der Waals surface area contributed by atoms with Crippen molar-refractivity contribution in [2.75, 3.05) is 17.1 Å². The molecule has 2 amide bonds. The highest BCUT2D eigenvalue weighted by Crippen LogP contribution is 2.36. The topological polar surface area (TPSA) is 86.8 Å². The molecule has 0 bridgehead atoms. The number of carbonyl (C=O) groups is 2. The smallest absolute Gasteiger partial charge is 0.352 e. The maximum atomic E-state index is 14.1. The van der Waals surface area contributed by atoms with Gasteiger partial charge in [-0.2, -0.15) is 13.2 Å². The Bertz CT molecular complexity index is 1540. The summed E-state index contributed by atoms with van der Waals surface area (Å²) in [7, 11) is -4.33. The number of benzene rings is 3. The number of halogens is 5. The van der Waals surface area contributed by atoms with Crippen molar-refractivity contribution < 1.29 is 31.2 Å². The van der Waals surface area contributed by atoms with Crippen LogP contribution in [0.3, 0.4) is 0 Å². The normalized spacial score (nSPS) is 13.2. The summed E-state index contributed by atoms with van der Waals surface area (Å²) in [5, 5.41) is 2.97. The van der Waals surface area contributed by atoms with E-state index < -0.39 is 51.9 Å². The predicted octanol–water partition coefficient (Wildman–Crippen LogP) is 6.33. The largest absolute Gasteiger partial charge is 0.416 e. The van der Waals surface area contributed by atoms with E-state index in [2.05, 4.69) is 5.32 Å². The van der Waals surface area contributed by atoms with Crippen molar-refractivity contribution in [1.82, 2.24) is 10.2 Å². The summed E-state index contributed by atoms with van der Waals surface area (Å²) in [4.78, 5) is 29.0. The third-order valence-electron chi connectivity index (χ3n) is 6.74. The minimum atomic E-state index is -4.79. The van der Waals surface area contributed by atoms with E-state index in [1.807, 2.05) is 13.8 Å². The van der Waals surface area contributed by atoms with E-state index in [1.165, 1.54) is 4.90 Å². The molecular formula is C30H32Cl2F3N3O4S. The van der Waals surface area contributed by atoms with E-state index >= 15 is 0 Å². The zero-order chi connectivity index (χ0) is 31.9. The maximum Gasteiger partial charge on any atom is 0.416 e. The highest BCUT2D eigenvalue weighted by atomic mass is 35.5. The van der Waals surface area contributed by atoms with Crippen LogP contribution in [0, 0.1) is 0 Å². The van der Waals surface area contributed by atoms with Gasteiger partial charge in [-0.15, -0.1) is 0 Å². The summed E-state index contributed by atoms with van der Waals surface area (Å²) in [5.41, 5.74) is -0.368. The number of sulfonamides is 1. The zero-order valence-corrected chi connectivity index (χ0v) is 26.1. The van der Waals surface area contributed by atoms with Crippen molar-refractivity contribution in [3.8, 4) is 0 Å². The number of rotatable bonds is 12. The van der Waals surface area contributed by atoms with Crippen LogP contribution in [0.4, 0.5) is 18.9 Å². The minimum absolute atomic E-state index is 0.0819. The summed E-state index contributed by atoms with van der Waals surface area (Å²) in [6, 6.07) is 16.4. The predicted molar refractivity (Wildman–Crippen MR) is 162 cm³/mol. The van der Waals surface area contributed by atoms with Crippen LogP contribution in [0.1, 0.15) is 37.0 Å². The van der Waals surface area contributed by atoms with E-state index in [4.69, 9.17) is 23.2 Å². The SMILES string of the molecule is CC[C@H](C)NC(=O)[C@@H](Cc1ccccc1)N(Cc1cccc(Cl)c1)C(=O)CN(c1cc(C(F)(F)F)ccc1Cl)S(C)(=O)=O. The van der Waals surface area contributed by atoms with Gasteiger partial charge in [-0.3, -0.25) is 13.9 Å². The second-order valence-electron chi connectivity index (χ2n) is 10.1. The van der Waals surface area contributed by atoms with Gasteiger partial charge in [-0.1, -0.05) is 72.6 Å². The molecule has 2 atom stereocenters. The van der Waals surface area contributed by atoms with Gasteiger partial charge in [-0.25, -0.2) is 8.42 Å². The van der Waals surface area contributed by atoms with Crippen molar-refractivity contribution in [3.05, 3.63) is 99.5 Å². The molecule has 232 valence electrons. The molecule has 7 nitrogen and oxygen atoms in total. The Morgan fingerprint density at radius 3 is 2.19 bits per heavy atom.